The Morgan fingerprint density at radius 2 is 1.92 bits per heavy atom. The lowest BCUT2D eigenvalue weighted by atomic mass is 9.94. The fourth-order valence-corrected chi connectivity index (χ4v) is 4.30. The molecular formula is C28H37N3O5. The number of nitrogens with one attached hydrogen (secondary N) is 1. The lowest BCUT2D eigenvalue weighted by molar-refractivity contribution is -0.136. The summed E-state index contributed by atoms with van der Waals surface area (Å²) in [5.41, 5.74) is 0.723. The fraction of sp³-hybridized carbons (Fsp3) is 0.464. The number of carboxylic acid groups (broad SMARTS) is 1. The highest BCUT2D eigenvalue weighted by Crippen LogP contribution is 2.53. The normalized spacial score (nSPS) is 15.4. The first-order valence-corrected chi connectivity index (χ1v) is 12.6. The Kier molecular flexibility index (Phi) is 8.96. The summed E-state index contributed by atoms with van der Waals surface area (Å²) < 4.78 is 5.81. The van der Waals surface area contributed by atoms with Crippen LogP contribution in [0, 0.1) is 12.3 Å². The minimum absolute atomic E-state index is 0.00661. The van der Waals surface area contributed by atoms with E-state index in [0.717, 1.165) is 42.8 Å². The van der Waals surface area contributed by atoms with Gasteiger partial charge < -0.3 is 24.5 Å². The lowest BCUT2D eigenvalue weighted by Crippen LogP contribution is -2.38. The monoisotopic (exact) mass is 495 g/mol. The van der Waals surface area contributed by atoms with Crippen LogP contribution in [0.5, 0.6) is 0 Å². The molecule has 0 bridgehead atoms. The van der Waals surface area contributed by atoms with Crippen LogP contribution in [-0.2, 0) is 24.2 Å². The molecule has 1 fully saturated rings. The van der Waals surface area contributed by atoms with Crippen molar-refractivity contribution in [2.45, 2.75) is 72.8 Å². The van der Waals surface area contributed by atoms with Crippen molar-refractivity contribution in [3.63, 3.8) is 0 Å². The van der Waals surface area contributed by atoms with E-state index >= 15 is 0 Å². The van der Waals surface area contributed by atoms with Crippen LogP contribution in [-0.4, -0.2) is 43.5 Å². The van der Waals surface area contributed by atoms with Gasteiger partial charge in [-0.1, -0.05) is 31.6 Å². The smallest absolute Gasteiger partial charge is 0.356 e. The number of allylic oxidation sites excluding steroid dienone is 4. The number of carbonyl (C=O) groups excluding carboxylic acids is 1. The minimum atomic E-state index is -1.10. The van der Waals surface area contributed by atoms with Crippen LogP contribution in [0.25, 0.3) is 0 Å². The van der Waals surface area contributed by atoms with E-state index < -0.39 is 11.4 Å². The van der Waals surface area contributed by atoms with Gasteiger partial charge in [0, 0.05) is 25.1 Å². The second-order valence-corrected chi connectivity index (χ2v) is 9.35. The molecule has 0 spiro atoms. The van der Waals surface area contributed by atoms with Crippen molar-refractivity contribution >= 4 is 11.9 Å². The topological polar surface area (TPSA) is 120 Å². The van der Waals surface area contributed by atoms with Crippen LogP contribution in [0.4, 0.5) is 0 Å². The van der Waals surface area contributed by atoms with Crippen LogP contribution in [0.15, 0.2) is 52.2 Å². The summed E-state index contributed by atoms with van der Waals surface area (Å²) in [5, 5.41) is 19.4. The van der Waals surface area contributed by atoms with Gasteiger partial charge in [-0.15, -0.1) is 0 Å². The first-order valence-electron chi connectivity index (χ1n) is 12.6. The largest absolute Gasteiger partial charge is 0.508 e. The van der Waals surface area contributed by atoms with E-state index in [0.29, 0.717) is 30.9 Å². The summed E-state index contributed by atoms with van der Waals surface area (Å²) in [7, 11) is 0. The van der Waals surface area contributed by atoms with Crippen molar-refractivity contribution in [3.8, 4) is 0 Å². The van der Waals surface area contributed by atoms with E-state index in [-0.39, 0.29) is 23.9 Å². The van der Waals surface area contributed by atoms with Gasteiger partial charge in [0.2, 0.25) is 5.91 Å². The number of furan rings is 1. The van der Waals surface area contributed by atoms with Gasteiger partial charge in [-0.3, -0.25) is 4.79 Å². The number of carboxylic acids is 1. The molecule has 1 saturated carbocycles. The molecule has 2 aromatic heterocycles. The predicted octanol–water partition coefficient (Wildman–Crippen LogP) is 5.67. The molecule has 2 heterocycles. The van der Waals surface area contributed by atoms with Crippen LogP contribution in [0.2, 0.25) is 0 Å². The predicted molar refractivity (Wildman–Crippen MR) is 138 cm³/mol. The van der Waals surface area contributed by atoms with E-state index in [1.54, 1.807) is 24.0 Å². The average molecular weight is 496 g/mol. The second-order valence-electron chi connectivity index (χ2n) is 9.35. The first kappa shape index (κ1) is 27.0. The van der Waals surface area contributed by atoms with Crippen molar-refractivity contribution in [2.75, 3.05) is 6.54 Å². The Morgan fingerprint density at radius 1 is 1.19 bits per heavy atom. The Hall–Kier alpha value is -3.55. The summed E-state index contributed by atoms with van der Waals surface area (Å²) >= 11 is 0. The Balaban J connectivity index is 1.79. The maximum Gasteiger partial charge on any atom is 0.356 e. The van der Waals surface area contributed by atoms with Crippen LogP contribution < -0.4 is 0 Å². The Morgan fingerprint density at radius 3 is 2.50 bits per heavy atom. The van der Waals surface area contributed by atoms with Crippen LogP contribution in [0.1, 0.15) is 80.0 Å². The number of hydrogen-bond donors (Lipinski definition) is 3. The molecule has 0 atom stereocenters. The van der Waals surface area contributed by atoms with Gasteiger partial charge in [0.1, 0.15) is 23.1 Å². The number of H-pyrrole nitrogens is 1. The summed E-state index contributed by atoms with van der Waals surface area (Å²) in [6.45, 7) is 8.30. The van der Waals surface area contributed by atoms with E-state index in [1.165, 1.54) is 0 Å². The Bertz CT molecular complexity index is 1160. The van der Waals surface area contributed by atoms with Crippen molar-refractivity contribution in [3.05, 3.63) is 76.5 Å². The van der Waals surface area contributed by atoms with Gasteiger partial charge in [0.25, 0.3) is 0 Å². The number of aliphatic hydroxyl groups is 1. The molecule has 0 saturated heterocycles. The summed E-state index contributed by atoms with van der Waals surface area (Å²) in [6.07, 6.45) is 11.5. The zero-order valence-corrected chi connectivity index (χ0v) is 21.6. The number of amides is 1. The van der Waals surface area contributed by atoms with Gasteiger partial charge in [0.15, 0.2) is 5.69 Å². The standard InChI is InChI=1S/C28H37N3O5/c1-5-7-9-21(32)12-11-19(3)28(15-16-28)27(35)31(17-8-10-23-14-13-22(6-2)36-23)18-24-29-20(4)25(30-24)26(33)34/h7,9,11-14,32H,5-6,8,10,15-18H2,1-4H3,(H,29,30)(H,33,34)/b9-7+,19-11+,21-12+. The Labute approximate surface area is 212 Å². The van der Waals surface area contributed by atoms with Gasteiger partial charge >= 0.3 is 5.97 Å². The highest BCUT2D eigenvalue weighted by Gasteiger charge is 2.52. The number of aryl methyl sites for hydroxylation is 3. The van der Waals surface area contributed by atoms with E-state index in [1.807, 2.05) is 45.1 Å². The molecule has 1 aliphatic rings. The van der Waals surface area contributed by atoms with Crippen LogP contribution >= 0.6 is 0 Å². The molecule has 0 aliphatic heterocycles. The van der Waals surface area contributed by atoms with Gasteiger partial charge in [-0.25, -0.2) is 9.78 Å². The highest BCUT2D eigenvalue weighted by atomic mass is 16.4. The molecule has 36 heavy (non-hydrogen) atoms. The number of nitrogens with zero attached hydrogens (tertiary/aromatic N) is 2. The molecule has 3 rings (SSSR count). The van der Waals surface area contributed by atoms with Gasteiger partial charge in [-0.05, 0) is 63.8 Å². The zero-order chi connectivity index (χ0) is 26.3. The third kappa shape index (κ3) is 6.56. The SMILES string of the molecule is CC/C=C/C(O)=C\C=C(/C)C1(C(=O)N(CCCc2ccc(CC)o2)Cc2nc(C(=O)O)c(C)[nH]2)CC1. The maximum absolute atomic E-state index is 13.8. The molecule has 2 aromatic rings. The summed E-state index contributed by atoms with van der Waals surface area (Å²) in [4.78, 5) is 34.3. The minimum Gasteiger partial charge on any atom is -0.508 e. The lowest BCUT2D eigenvalue weighted by Gasteiger charge is -2.27. The number of imidazole rings is 1. The zero-order valence-electron chi connectivity index (χ0n) is 21.6. The number of aromatic carboxylic acids is 1. The van der Waals surface area contributed by atoms with Crippen molar-refractivity contribution in [2.24, 2.45) is 5.41 Å². The molecule has 8 heteroatoms. The van der Waals surface area contributed by atoms with E-state index in [4.69, 9.17) is 4.42 Å². The molecule has 194 valence electrons. The number of aromatic amines is 1. The third-order valence-electron chi connectivity index (χ3n) is 6.62. The number of aliphatic hydroxyl groups excluding tert-OH is 1. The molecule has 1 amide bonds. The first-order chi connectivity index (χ1) is 17.2. The molecule has 3 N–H and O–H groups in total. The summed E-state index contributed by atoms with van der Waals surface area (Å²) in [6, 6.07) is 3.95. The quantitative estimate of drug-likeness (QED) is 0.243. The maximum atomic E-state index is 13.8. The highest BCUT2D eigenvalue weighted by molar-refractivity contribution is 5.89. The van der Waals surface area contributed by atoms with Crippen molar-refractivity contribution in [1.29, 1.82) is 0 Å². The van der Waals surface area contributed by atoms with Gasteiger partial charge in [0.05, 0.1) is 12.0 Å². The third-order valence-corrected chi connectivity index (χ3v) is 6.62. The summed E-state index contributed by atoms with van der Waals surface area (Å²) in [5.74, 6) is 1.32. The second kappa shape index (κ2) is 11.9. The van der Waals surface area contributed by atoms with Gasteiger partial charge in [-0.2, -0.15) is 0 Å². The van der Waals surface area contributed by atoms with E-state index in [9.17, 15) is 19.8 Å². The molecule has 0 unspecified atom stereocenters. The molecule has 0 aromatic carbocycles. The fourth-order valence-electron chi connectivity index (χ4n) is 4.30. The number of carbonyl (C=O) groups is 2. The number of hydrogen-bond acceptors (Lipinski definition) is 5. The van der Waals surface area contributed by atoms with Crippen LogP contribution in [0.3, 0.4) is 0 Å². The molecule has 1 aliphatic carbocycles. The molecule has 8 nitrogen and oxygen atoms in total. The van der Waals surface area contributed by atoms with Crippen molar-refractivity contribution < 1.29 is 24.2 Å². The molecule has 0 radical (unpaired) electrons. The average Bonchev–Trinajstić information content (AvgIpc) is 3.40. The van der Waals surface area contributed by atoms with E-state index in [2.05, 4.69) is 9.97 Å². The van der Waals surface area contributed by atoms with Crippen molar-refractivity contribution in [1.82, 2.24) is 14.9 Å². The number of rotatable bonds is 13. The molecular weight excluding hydrogens is 458 g/mol. The number of aromatic nitrogens is 2.